The normalized spacial score (nSPS) is 17.2. The summed E-state index contributed by atoms with van der Waals surface area (Å²) in [5, 5.41) is 3.08. The molecule has 0 spiro atoms. The predicted octanol–water partition coefficient (Wildman–Crippen LogP) is 4.18. The lowest BCUT2D eigenvalue weighted by Crippen LogP contribution is -2.43. The van der Waals surface area contributed by atoms with Crippen LogP contribution in [-0.2, 0) is 14.8 Å². The number of anilines is 1. The van der Waals surface area contributed by atoms with Gasteiger partial charge in [0, 0.05) is 24.8 Å². The Bertz CT molecular complexity index is 1080. The Morgan fingerprint density at radius 3 is 2.56 bits per heavy atom. The third-order valence-electron chi connectivity index (χ3n) is 5.92. The second kappa shape index (κ2) is 9.92. The van der Waals surface area contributed by atoms with Crippen molar-refractivity contribution in [1.29, 1.82) is 0 Å². The Kier molecular flexibility index (Phi) is 7.46. The number of para-hydroxylation sites is 1. The van der Waals surface area contributed by atoms with Gasteiger partial charge in [0.05, 0.1) is 20.1 Å². The first kappa shape index (κ1) is 24.1. The molecule has 2 aromatic carbocycles. The van der Waals surface area contributed by atoms with Crippen LogP contribution in [0.2, 0.25) is 0 Å². The quantitative estimate of drug-likeness (QED) is 0.670. The van der Waals surface area contributed by atoms with Gasteiger partial charge in [-0.25, -0.2) is 8.42 Å². The molecule has 0 aliphatic carbocycles. The molecule has 1 heterocycles. The molecule has 0 bridgehead atoms. The van der Waals surface area contributed by atoms with Gasteiger partial charge in [-0.05, 0) is 48.9 Å². The molecule has 0 aromatic heterocycles. The molecular formula is C24H32N2O5S. The van der Waals surface area contributed by atoms with Gasteiger partial charge in [-0.15, -0.1) is 0 Å². The number of rotatable bonds is 7. The zero-order chi connectivity index (χ0) is 23.5. The van der Waals surface area contributed by atoms with Crippen molar-refractivity contribution in [2.24, 2.45) is 5.92 Å². The fourth-order valence-corrected chi connectivity index (χ4v) is 5.76. The van der Waals surface area contributed by atoms with Crippen molar-refractivity contribution in [1.82, 2.24) is 4.31 Å². The number of ether oxygens (including phenoxy) is 2. The second-order valence-corrected chi connectivity index (χ2v) is 10.3. The zero-order valence-electron chi connectivity index (χ0n) is 19.3. The van der Waals surface area contributed by atoms with Gasteiger partial charge in [0.25, 0.3) is 0 Å². The number of piperidine rings is 1. The number of nitrogens with one attached hydrogen (secondary N) is 1. The molecule has 1 N–H and O–H groups in total. The maximum absolute atomic E-state index is 13.4. The number of hydrogen-bond acceptors (Lipinski definition) is 5. The molecule has 2 aromatic rings. The average molecular weight is 461 g/mol. The molecule has 1 atom stereocenters. The lowest BCUT2D eigenvalue weighted by atomic mass is 9.95. The first-order valence-electron chi connectivity index (χ1n) is 10.8. The van der Waals surface area contributed by atoms with Crippen LogP contribution in [0.3, 0.4) is 0 Å². The van der Waals surface area contributed by atoms with Crippen LogP contribution in [0.15, 0.2) is 41.3 Å². The number of amides is 1. The molecule has 3 rings (SSSR count). The van der Waals surface area contributed by atoms with Crippen molar-refractivity contribution in [3.63, 3.8) is 0 Å². The SMILES string of the molecule is COc1ccc(OC)c(S(=O)(=O)N2CCC[C@@H](C(=O)Nc3c(C)cccc3C(C)C)C2)c1. The topological polar surface area (TPSA) is 84.9 Å². The van der Waals surface area contributed by atoms with Crippen LogP contribution < -0.4 is 14.8 Å². The molecule has 32 heavy (non-hydrogen) atoms. The summed E-state index contributed by atoms with van der Waals surface area (Å²) < 4.78 is 38.7. The van der Waals surface area contributed by atoms with Crippen LogP contribution in [0, 0.1) is 12.8 Å². The summed E-state index contributed by atoms with van der Waals surface area (Å²) in [5.74, 6) is 0.345. The van der Waals surface area contributed by atoms with Gasteiger partial charge in [-0.1, -0.05) is 32.0 Å². The molecular weight excluding hydrogens is 428 g/mol. The molecule has 1 aliphatic heterocycles. The number of sulfonamides is 1. The van der Waals surface area contributed by atoms with Crippen molar-refractivity contribution >= 4 is 21.6 Å². The average Bonchev–Trinajstić information content (AvgIpc) is 2.79. The summed E-state index contributed by atoms with van der Waals surface area (Å²) >= 11 is 0. The zero-order valence-corrected chi connectivity index (χ0v) is 20.2. The maximum atomic E-state index is 13.4. The number of hydrogen-bond donors (Lipinski definition) is 1. The molecule has 0 unspecified atom stereocenters. The minimum Gasteiger partial charge on any atom is -0.497 e. The first-order chi connectivity index (χ1) is 15.2. The highest BCUT2D eigenvalue weighted by atomic mass is 32.2. The number of carbonyl (C=O) groups excluding carboxylic acids is 1. The summed E-state index contributed by atoms with van der Waals surface area (Å²) in [4.78, 5) is 13.2. The summed E-state index contributed by atoms with van der Waals surface area (Å²) in [6, 6.07) is 10.6. The van der Waals surface area contributed by atoms with Crippen LogP contribution >= 0.6 is 0 Å². The van der Waals surface area contributed by atoms with E-state index >= 15 is 0 Å². The van der Waals surface area contributed by atoms with E-state index in [1.165, 1.54) is 24.6 Å². The molecule has 174 valence electrons. The molecule has 0 radical (unpaired) electrons. The predicted molar refractivity (Wildman–Crippen MR) is 125 cm³/mol. The van der Waals surface area contributed by atoms with E-state index in [-0.39, 0.29) is 29.0 Å². The third kappa shape index (κ3) is 4.91. The van der Waals surface area contributed by atoms with Gasteiger partial charge in [-0.3, -0.25) is 4.79 Å². The Morgan fingerprint density at radius 1 is 1.16 bits per heavy atom. The number of carbonyl (C=O) groups is 1. The molecule has 8 heteroatoms. The smallest absolute Gasteiger partial charge is 0.246 e. The van der Waals surface area contributed by atoms with Crippen molar-refractivity contribution in [2.75, 3.05) is 32.6 Å². The monoisotopic (exact) mass is 460 g/mol. The Balaban J connectivity index is 1.84. The van der Waals surface area contributed by atoms with Crippen molar-refractivity contribution in [2.45, 2.75) is 44.4 Å². The minimum atomic E-state index is -3.86. The van der Waals surface area contributed by atoms with Crippen LogP contribution in [0.1, 0.15) is 43.7 Å². The van der Waals surface area contributed by atoms with Crippen molar-refractivity contribution < 1.29 is 22.7 Å². The fraction of sp³-hybridized carbons (Fsp3) is 0.458. The first-order valence-corrected chi connectivity index (χ1v) is 12.3. The molecule has 7 nitrogen and oxygen atoms in total. The summed E-state index contributed by atoms with van der Waals surface area (Å²) in [5.41, 5.74) is 2.88. The largest absolute Gasteiger partial charge is 0.497 e. The van der Waals surface area contributed by atoms with E-state index in [2.05, 4.69) is 19.2 Å². The summed E-state index contributed by atoms with van der Waals surface area (Å²) in [7, 11) is -0.943. The van der Waals surface area contributed by atoms with Crippen LogP contribution in [0.5, 0.6) is 11.5 Å². The molecule has 1 amide bonds. The van der Waals surface area contributed by atoms with Gasteiger partial charge >= 0.3 is 0 Å². The van der Waals surface area contributed by atoms with E-state index < -0.39 is 15.9 Å². The van der Waals surface area contributed by atoms with Crippen LogP contribution in [-0.4, -0.2) is 45.9 Å². The van der Waals surface area contributed by atoms with Crippen molar-refractivity contribution in [3.05, 3.63) is 47.5 Å². The van der Waals surface area contributed by atoms with Crippen molar-refractivity contribution in [3.8, 4) is 11.5 Å². The highest BCUT2D eigenvalue weighted by Crippen LogP contribution is 2.33. The lowest BCUT2D eigenvalue weighted by molar-refractivity contribution is -0.120. The van der Waals surface area contributed by atoms with E-state index in [1.807, 2.05) is 25.1 Å². The second-order valence-electron chi connectivity index (χ2n) is 8.40. The molecule has 1 aliphatic rings. The number of nitrogens with zero attached hydrogens (tertiary/aromatic N) is 1. The van der Waals surface area contributed by atoms with Gasteiger partial charge in [0.15, 0.2) is 0 Å². The van der Waals surface area contributed by atoms with E-state index in [4.69, 9.17) is 9.47 Å². The lowest BCUT2D eigenvalue weighted by Gasteiger charge is -2.32. The van der Waals surface area contributed by atoms with E-state index in [0.29, 0.717) is 25.1 Å². The summed E-state index contributed by atoms with van der Waals surface area (Å²) in [6.45, 7) is 6.61. The van der Waals surface area contributed by atoms with Gasteiger partial charge in [-0.2, -0.15) is 4.31 Å². The van der Waals surface area contributed by atoms with Crippen LogP contribution in [0.4, 0.5) is 5.69 Å². The Labute approximate surface area is 190 Å². The highest BCUT2D eigenvalue weighted by molar-refractivity contribution is 7.89. The Morgan fingerprint density at radius 2 is 1.91 bits per heavy atom. The van der Waals surface area contributed by atoms with E-state index in [9.17, 15) is 13.2 Å². The molecule has 1 saturated heterocycles. The van der Waals surface area contributed by atoms with Gasteiger partial charge in [0.2, 0.25) is 15.9 Å². The van der Waals surface area contributed by atoms with E-state index in [1.54, 1.807) is 12.1 Å². The van der Waals surface area contributed by atoms with Gasteiger partial charge < -0.3 is 14.8 Å². The maximum Gasteiger partial charge on any atom is 0.246 e. The number of benzene rings is 2. The fourth-order valence-electron chi connectivity index (χ4n) is 4.07. The third-order valence-corrected chi connectivity index (χ3v) is 7.81. The molecule has 1 fully saturated rings. The number of aryl methyl sites for hydroxylation is 1. The molecule has 0 saturated carbocycles. The Hall–Kier alpha value is -2.58. The van der Waals surface area contributed by atoms with Gasteiger partial charge in [0.1, 0.15) is 16.4 Å². The van der Waals surface area contributed by atoms with Crippen LogP contribution in [0.25, 0.3) is 0 Å². The standard InChI is InChI=1S/C24H32N2O5S/c1-16(2)20-10-6-8-17(3)23(20)25-24(27)18-9-7-13-26(15-18)32(28,29)22-14-19(30-4)11-12-21(22)31-5/h6,8,10-12,14,16,18H,7,9,13,15H2,1-5H3,(H,25,27)/t18-/m1/s1. The highest BCUT2D eigenvalue weighted by Gasteiger charge is 2.35. The van der Waals surface area contributed by atoms with E-state index in [0.717, 1.165) is 16.8 Å². The minimum absolute atomic E-state index is 0.0430. The summed E-state index contributed by atoms with van der Waals surface area (Å²) in [6.07, 6.45) is 1.24. The number of methoxy groups -OCH3 is 2.